The van der Waals surface area contributed by atoms with Gasteiger partial charge in [0.2, 0.25) is 0 Å². The summed E-state index contributed by atoms with van der Waals surface area (Å²) in [5.74, 6) is 0. The van der Waals surface area contributed by atoms with Crippen LogP contribution in [0.3, 0.4) is 0 Å². The predicted octanol–water partition coefficient (Wildman–Crippen LogP) is 3.86. The quantitative estimate of drug-likeness (QED) is 0.811. The van der Waals surface area contributed by atoms with Crippen molar-refractivity contribution < 1.29 is 0 Å². The van der Waals surface area contributed by atoms with E-state index in [1.807, 2.05) is 18.2 Å². The average Bonchev–Trinajstić information content (AvgIpc) is 2.29. The molecular formula is C14H20N2. The van der Waals surface area contributed by atoms with Crippen LogP contribution >= 0.6 is 0 Å². The van der Waals surface area contributed by atoms with Crippen LogP contribution in [0.5, 0.6) is 0 Å². The fourth-order valence-corrected chi connectivity index (χ4v) is 1.69. The monoisotopic (exact) mass is 216 g/mol. The molecule has 1 N–H and O–H groups in total. The minimum atomic E-state index is 0.465. The average molecular weight is 216 g/mol. The van der Waals surface area contributed by atoms with E-state index in [1.54, 1.807) is 0 Å². The molecular weight excluding hydrogens is 196 g/mol. The molecule has 0 saturated heterocycles. The first-order chi connectivity index (χ1) is 7.67. The van der Waals surface area contributed by atoms with E-state index in [4.69, 9.17) is 5.26 Å². The molecule has 0 spiro atoms. The van der Waals surface area contributed by atoms with Gasteiger partial charge in [0, 0.05) is 11.7 Å². The van der Waals surface area contributed by atoms with E-state index in [0.29, 0.717) is 6.04 Å². The molecule has 1 atom stereocenters. The highest BCUT2D eigenvalue weighted by molar-refractivity contribution is 5.55. The molecule has 16 heavy (non-hydrogen) atoms. The minimum absolute atomic E-state index is 0.465. The second-order valence-corrected chi connectivity index (χ2v) is 4.33. The molecule has 0 aliphatic carbocycles. The number of unbranched alkanes of at least 4 members (excludes halogenated alkanes) is 1. The number of rotatable bonds is 5. The van der Waals surface area contributed by atoms with Crippen LogP contribution in [0.4, 0.5) is 5.69 Å². The first-order valence-corrected chi connectivity index (χ1v) is 5.94. The summed E-state index contributed by atoms with van der Waals surface area (Å²) in [6.45, 7) is 6.46. The number of benzene rings is 1. The summed E-state index contributed by atoms with van der Waals surface area (Å²) < 4.78 is 0. The van der Waals surface area contributed by atoms with Crippen LogP contribution in [0.2, 0.25) is 0 Å². The third-order valence-corrected chi connectivity index (χ3v) is 2.76. The molecule has 0 bridgehead atoms. The summed E-state index contributed by atoms with van der Waals surface area (Å²) in [5.41, 5.74) is 3.00. The molecule has 1 aromatic carbocycles. The number of nitrogens with one attached hydrogen (secondary N) is 1. The highest BCUT2D eigenvalue weighted by Crippen LogP contribution is 2.18. The molecule has 0 aromatic heterocycles. The van der Waals surface area contributed by atoms with Crippen molar-refractivity contribution in [1.29, 1.82) is 5.26 Å². The molecule has 0 radical (unpaired) electrons. The number of hydrogen-bond donors (Lipinski definition) is 1. The van der Waals surface area contributed by atoms with Crippen molar-refractivity contribution in [2.75, 3.05) is 5.32 Å². The molecule has 1 aromatic rings. The maximum atomic E-state index is 8.85. The fourth-order valence-electron chi connectivity index (χ4n) is 1.69. The van der Waals surface area contributed by atoms with E-state index >= 15 is 0 Å². The van der Waals surface area contributed by atoms with Crippen LogP contribution in [-0.2, 0) is 0 Å². The lowest BCUT2D eigenvalue weighted by Crippen LogP contribution is -2.15. The van der Waals surface area contributed by atoms with Crippen molar-refractivity contribution in [3.8, 4) is 6.07 Å². The molecule has 2 heteroatoms. The number of anilines is 1. The SMILES string of the molecule is CCCCC(C)Nc1cc(C#N)ccc1C. The fraction of sp³-hybridized carbons (Fsp3) is 0.500. The van der Waals surface area contributed by atoms with E-state index < -0.39 is 0 Å². The third kappa shape index (κ3) is 3.58. The zero-order valence-corrected chi connectivity index (χ0v) is 10.4. The van der Waals surface area contributed by atoms with E-state index in [9.17, 15) is 0 Å². The van der Waals surface area contributed by atoms with Gasteiger partial charge in [-0.25, -0.2) is 0 Å². The summed E-state index contributed by atoms with van der Waals surface area (Å²) in [6, 6.07) is 8.42. The lowest BCUT2D eigenvalue weighted by molar-refractivity contribution is 0.645. The lowest BCUT2D eigenvalue weighted by atomic mass is 10.1. The van der Waals surface area contributed by atoms with Gasteiger partial charge in [-0.15, -0.1) is 0 Å². The number of hydrogen-bond acceptors (Lipinski definition) is 2. The van der Waals surface area contributed by atoms with Gasteiger partial charge in [0.25, 0.3) is 0 Å². The van der Waals surface area contributed by atoms with Crippen LogP contribution in [0.25, 0.3) is 0 Å². The van der Waals surface area contributed by atoms with Crippen LogP contribution in [0, 0.1) is 18.3 Å². The number of aryl methyl sites for hydroxylation is 1. The largest absolute Gasteiger partial charge is 0.382 e. The molecule has 1 unspecified atom stereocenters. The zero-order valence-electron chi connectivity index (χ0n) is 10.4. The van der Waals surface area contributed by atoms with Crippen LogP contribution < -0.4 is 5.32 Å². The zero-order chi connectivity index (χ0) is 12.0. The maximum Gasteiger partial charge on any atom is 0.0992 e. The molecule has 2 nitrogen and oxygen atoms in total. The molecule has 0 aliphatic rings. The summed E-state index contributed by atoms with van der Waals surface area (Å²) in [7, 11) is 0. The standard InChI is InChI=1S/C14H20N2/c1-4-5-6-12(3)16-14-9-13(10-15)8-7-11(14)2/h7-9,12,16H,4-6H2,1-3H3. The van der Waals surface area contributed by atoms with Crippen LogP contribution in [0.1, 0.15) is 44.2 Å². The highest BCUT2D eigenvalue weighted by atomic mass is 14.9. The normalized spacial score (nSPS) is 11.9. The maximum absolute atomic E-state index is 8.85. The van der Waals surface area contributed by atoms with Crippen molar-refractivity contribution in [1.82, 2.24) is 0 Å². The van der Waals surface area contributed by atoms with Gasteiger partial charge in [-0.3, -0.25) is 0 Å². The van der Waals surface area contributed by atoms with E-state index in [1.165, 1.54) is 24.8 Å². The first kappa shape index (κ1) is 12.6. The lowest BCUT2D eigenvalue weighted by Gasteiger charge is -2.16. The van der Waals surface area contributed by atoms with E-state index in [2.05, 4.69) is 32.2 Å². The first-order valence-electron chi connectivity index (χ1n) is 5.94. The van der Waals surface area contributed by atoms with E-state index in [-0.39, 0.29) is 0 Å². The Bertz CT molecular complexity index is 377. The van der Waals surface area contributed by atoms with Crippen LogP contribution in [-0.4, -0.2) is 6.04 Å². The Morgan fingerprint density at radius 3 is 2.81 bits per heavy atom. The minimum Gasteiger partial charge on any atom is -0.382 e. The van der Waals surface area contributed by atoms with Crippen molar-refractivity contribution in [3.05, 3.63) is 29.3 Å². The molecule has 1 rings (SSSR count). The molecule has 0 amide bonds. The molecule has 0 fully saturated rings. The topological polar surface area (TPSA) is 35.8 Å². The van der Waals surface area contributed by atoms with Gasteiger partial charge in [-0.2, -0.15) is 5.26 Å². The summed E-state index contributed by atoms with van der Waals surface area (Å²) in [6.07, 6.45) is 3.64. The third-order valence-electron chi connectivity index (χ3n) is 2.76. The summed E-state index contributed by atoms with van der Waals surface area (Å²) in [5, 5.41) is 12.3. The predicted molar refractivity (Wildman–Crippen MR) is 68.5 cm³/mol. The smallest absolute Gasteiger partial charge is 0.0992 e. The van der Waals surface area contributed by atoms with Crippen molar-refractivity contribution in [3.63, 3.8) is 0 Å². The van der Waals surface area contributed by atoms with Gasteiger partial charge in [0.1, 0.15) is 0 Å². The number of nitrogens with zero attached hydrogens (tertiary/aromatic N) is 1. The van der Waals surface area contributed by atoms with Gasteiger partial charge >= 0.3 is 0 Å². The molecule has 0 aliphatic heterocycles. The van der Waals surface area contributed by atoms with Crippen LogP contribution in [0.15, 0.2) is 18.2 Å². The summed E-state index contributed by atoms with van der Waals surface area (Å²) >= 11 is 0. The molecule has 0 heterocycles. The van der Waals surface area contributed by atoms with Gasteiger partial charge in [0.15, 0.2) is 0 Å². The van der Waals surface area contributed by atoms with Gasteiger partial charge in [-0.1, -0.05) is 25.8 Å². The van der Waals surface area contributed by atoms with Crippen molar-refractivity contribution >= 4 is 5.69 Å². The Morgan fingerprint density at radius 1 is 1.44 bits per heavy atom. The van der Waals surface area contributed by atoms with Gasteiger partial charge in [0.05, 0.1) is 11.6 Å². The Hall–Kier alpha value is -1.49. The Kier molecular flexibility index (Phi) is 4.85. The highest BCUT2D eigenvalue weighted by Gasteiger charge is 2.04. The Labute approximate surface area is 98.3 Å². The Morgan fingerprint density at radius 2 is 2.19 bits per heavy atom. The number of nitriles is 1. The molecule has 0 saturated carbocycles. The van der Waals surface area contributed by atoms with Crippen molar-refractivity contribution in [2.24, 2.45) is 0 Å². The van der Waals surface area contributed by atoms with Gasteiger partial charge in [-0.05, 0) is 38.0 Å². The second kappa shape index (κ2) is 6.17. The van der Waals surface area contributed by atoms with E-state index in [0.717, 1.165) is 11.3 Å². The van der Waals surface area contributed by atoms with Crippen molar-refractivity contribution in [2.45, 2.75) is 46.1 Å². The Balaban J connectivity index is 2.69. The molecule has 86 valence electrons. The summed E-state index contributed by atoms with van der Waals surface area (Å²) in [4.78, 5) is 0. The second-order valence-electron chi connectivity index (χ2n) is 4.33. The van der Waals surface area contributed by atoms with Gasteiger partial charge < -0.3 is 5.32 Å².